The first-order chi connectivity index (χ1) is 12.5. The standard InChI is InChI=1S/C16H15ClN4O5/c17-13-3-6-15(22)12(7-13)8-18-19-16(23)10-26-14-4-1-11(2-5-14)9-21(25)20-24/h1-8,22,24H,9-10H2,(H,19,23)/b18-8+,21-20?. The molecular formula is C16H15ClN4O5. The number of halogens is 1. The van der Waals surface area contributed by atoms with Crippen LogP contribution in [0.25, 0.3) is 0 Å². The molecule has 0 aliphatic heterocycles. The van der Waals surface area contributed by atoms with Crippen LogP contribution in [-0.4, -0.2) is 33.9 Å². The number of phenolic OH excluding ortho intramolecular Hbond substituents is 1. The molecule has 2 aromatic rings. The van der Waals surface area contributed by atoms with E-state index in [1.807, 2.05) is 0 Å². The van der Waals surface area contributed by atoms with E-state index in [0.717, 1.165) is 0 Å². The molecule has 2 aromatic carbocycles. The van der Waals surface area contributed by atoms with Crippen molar-refractivity contribution in [3.63, 3.8) is 0 Å². The van der Waals surface area contributed by atoms with Gasteiger partial charge in [0.2, 0.25) is 6.54 Å². The van der Waals surface area contributed by atoms with Gasteiger partial charge in [0.1, 0.15) is 11.5 Å². The van der Waals surface area contributed by atoms with Gasteiger partial charge >= 0.3 is 0 Å². The minimum absolute atomic E-state index is 0.0191. The normalized spacial score (nSPS) is 11.5. The average Bonchev–Trinajstić information content (AvgIpc) is 2.64. The van der Waals surface area contributed by atoms with Crippen LogP contribution in [0, 0.1) is 5.21 Å². The fraction of sp³-hybridized carbons (Fsp3) is 0.125. The Morgan fingerprint density at radius 2 is 2.04 bits per heavy atom. The molecule has 0 fully saturated rings. The molecule has 0 unspecified atom stereocenters. The van der Waals surface area contributed by atoms with Crippen molar-refractivity contribution in [2.24, 2.45) is 10.4 Å². The summed E-state index contributed by atoms with van der Waals surface area (Å²) in [5.74, 6) is -0.107. The highest BCUT2D eigenvalue weighted by Crippen LogP contribution is 2.19. The number of hydrogen-bond donors (Lipinski definition) is 3. The number of hydrogen-bond acceptors (Lipinski definition) is 6. The number of hydroxylamine groups is 1. The quantitative estimate of drug-likeness (QED) is 0.295. The summed E-state index contributed by atoms with van der Waals surface area (Å²) in [7, 11) is 0. The highest BCUT2D eigenvalue weighted by Gasteiger charge is 2.04. The van der Waals surface area contributed by atoms with Gasteiger partial charge < -0.3 is 20.3 Å². The fourth-order valence-electron chi connectivity index (χ4n) is 1.86. The number of nitrogens with one attached hydrogen (secondary N) is 1. The Morgan fingerprint density at radius 1 is 1.31 bits per heavy atom. The highest BCUT2D eigenvalue weighted by molar-refractivity contribution is 6.30. The van der Waals surface area contributed by atoms with Crippen molar-refractivity contribution in [3.05, 3.63) is 63.8 Å². The molecule has 0 radical (unpaired) electrons. The van der Waals surface area contributed by atoms with Crippen molar-refractivity contribution in [1.29, 1.82) is 0 Å². The summed E-state index contributed by atoms with van der Waals surface area (Å²) in [6.07, 6.45) is 1.26. The van der Waals surface area contributed by atoms with Crippen LogP contribution in [0.4, 0.5) is 0 Å². The molecule has 0 saturated carbocycles. The van der Waals surface area contributed by atoms with E-state index in [-0.39, 0.29) is 23.8 Å². The Balaban J connectivity index is 1.81. The van der Waals surface area contributed by atoms with Crippen LogP contribution >= 0.6 is 11.6 Å². The SMILES string of the molecule is O=C(COc1ccc(C[N+]([O-])=NO)cc1)N/N=C/c1cc(Cl)ccc1O. The molecule has 0 saturated heterocycles. The zero-order valence-electron chi connectivity index (χ0n) is 13.4. The van der Waals surface area contributed by atoms with Crippen LogP contribution in [-0.2, 0) is 11.3 Å². The summed E-state index contributed by atoms with van der Waals surface area (Å²) >= 11 is 5.81. The monoisotopic (exact) mass is 378 g/mol. The van der Waals surface area contributed by atoms with Crippen molar-refractivity contribution in [2.75, 3.05) is 6.61 Å². The molecule has 9 nitrogen and oxygen atoms in total. The Kier molecular flexibility index (Phi) is 6.75. The zero-order valence-corrected chi connectivity index (χ0v) is 14.1. The number of hydrazone groups is 1. The molecule has 1 amide bonds. The molecule has 0 aliphatic rings. The summed E-state index contributed by atoms with van der Waals surface area (Å²) in [6, 6.07) is 10.8. The van der Waals surface area contributed by atoms with Gasteiger partial charge in [-0.15, -0.1) is 0 Å². The maximum Gasteiger partial charge on any atom is 0.277 e. The van der Waals surface area contributed by atoms with E-state index in [2.05, 4.69) is 15.8 Å². The molecule has 3 N–H and O–H groups in total. The maximum atomic E-state index is 11.7. The second kappa shape index (κ2) is 9.23. The molecule has 2 rings (SSSR count). The van der Waals surface area contributed by atoms with Crippen molar-refractivity contribution in [3.8, 4) is 11.5 Å². The molecule has 0 heterocycles. The lowest BCUT2D eigenvalue weighted by Crippen LogP contribution is -2.24. The Bertz CT molecular complexity index is 824. The maximum absolute atomic E-state index is 11.7. The molecule has 0 aromatic heterocycles. The van der Waals surface area contributed by atoms with Crippen LogP contribution in [0.5, 0.6) is 11.5 Å². The second-order valence-corrected chi connectivity index (χ2v) is 5.47. The van der Waals surface area contributed by atoms with Gasteiger partial charge in [-0.1, -0.05) is 16.5 Å². The predicted molar refractivity (Wildman–Crippen MR) is 92.3 cm³/mol. The fourth-order valence-corrected chi connectivity index (χ4v) is 2.04. The number of carbonyl (C=O) groups is 1. The Morgan fingerprint density at radius 3 is 2.73 bits per heavy atom. The van der Waals surface area contributed by atoms with Crippen molar-refractivity contribution >= 4 is 23.7 Å². The lowest BCUT2D eigenvalue weighted by Gasteiger charge is -2.06. The summed E-state index contributed by atoms with van der Waals surface area (Å²) in [4.78, 5) is 11.8. The van der Waals surface area contributed by atoms with Gasteiger partial charge in [0.15, 0.2) is 11.9 Å². The zero-order chi connectivity index (χ0) is 18.9. The smallest absolute Gasteiger partial charge is 0.277 e. The van der Waals surface area contributed by atoms with Crippen LogP contribution in [0.3, 0.4) is 0 Å². The van der Waals surface area contributed by atoms with Gasteiger partial charge in [0, 0.05) is 16.1 Å². The molecule has 0 aliphatic carbocycles. The number of aromatic hydroxyl groups is 1. The first-order valence-electron chi connectivity index (χ1n) is 7.30. The molecule has 0 atom stereocenters. The lowest BCUT2D eigenvalue weighted by atomic mass is 10.2. The van der Waals surface area contributed by atoms with Gasteiger partial charge in [-0.05, 0) is 42.5 Å². The predicted octanol–water partition coefficient (Wildman–Crippen LogP) is 2.43. The average molecular weight is 379 g/mol. The number of carbonyl (C=O) groups excluding carboxylic acids is 1. The summed E-state index contributed by atoms with van der Waals surface area (Å²) in [5, 5.41) is 35.4. The van der Waals surface area contributed by atoms with E-state index in [1.54, 1.807) is 24.3 Å². The lowest BCUT2D eigenvalue weighted by molar-refractivity contribution is -0.570. The Hall–Kier alpha value is -3.33. The number of nitrogens with zero attached hydrogens (tertiary/aromatic N) is 3. The second-order valence-electron chi connectivity index (χ2n) is 5.03. The number of amides is 1. The number of phenols is 1. The van der Waals surface area contributed by atoms with Crippen LogP contribution in [0.1, 0.15) is 11.1 Å². The highest BCUT2D eigenvalue weighted by atomic mass is 35.5. The van der Waals surface area contributed by atoms with Gasteiger partial charge in [-0.2, -0.15) is 5.10 Å². The van der Waals surface area contributed by atoms with Crippen LogP contribution in [0.15, 0.2) is 52.8 Å². The molecule has 136 valence electrons. The minimum Gasteiger partial charge on any atom is -0.597 e. The molecule has 0 spiro atoms. The third-order valence-electron chi connectivity index (χ3n) is 3.09. The van der Waals surface area contributed by atoms with E-state index < -0.39 is 5.91 Å². The molecule has 0 bridgehead atoms. The van der Waals surface area contributed by atoms with E-state index in [1.165, 1.54) is 24.4 Å². The number of benzene rings is 2. The largest absolute Gasteiger partial charge is 0.597 e. The molecular weight excluding hydrogens is 364 g/mol. The van der Waals surface area contributed by atoms with Gasteiger partial charge in [0.05, 0.1) is 6.21 Å². The number of rotatable bonds is 7. The topological polar surface area (TPSA) is 130 Å². The van der Waals surface area contributed by atoms with Crippen LogP contribution in [0.2, 0.25) is 5.02 Å². The van der Waals surface area contributed by atoms with Gasteiger partial charge in [0.25, 0.3) is 5.91 Å². The first kappa shape index (κ1) is 19.0. The summed E-state index contributed by atoms with van der Waals surface area (Å²) < 4.78 is 5.28. The van der Waals surface area contributed by atoms with Crippen molar-refractivity contribution in [1.82, 2.24) is 5.43 Å². The third-order valence-corrected chi connectivity index (χ3v) is 3.33. The number of ether oxygens (including phenoxy) is 1. The van der Waals surface area contributed by atoms with E-state index in [9.17, 15) is 15.1 Å². The van der Waals surface area contributed by atoms with Gasteiger partial charge in [-0.3, -0.25) is 4.79 Å². The Labute approximate surface area is 153 Å². The summed E-state index contributed by atoms with van der Waals surface area (Å²) in [6.45, 7) is -0.389. The molecule has 26 heavy (non-hydrogen) atoms. The first-order valence-corrected chi connectivity index (χ1v) is 7.67. The van der Waals surface area contributed by atoms with Crippen molar-refractivity contribution < 1.29 is 24.7 Å². The van der Waals surface area contributed by atoms with Gasteiger partial charge in [-0.25, -0.2) is 5.43 Å². The summed E-state index contributed by atoms with van der Waals surface area (Å²) in [5.41, 5.74) is 3.23. The van der Waals surface area contributed by atoms with Crippen molar-refractivity contribution in [2.45, 2.75) is 6.54 Å². The van der Waals surface area contributed by atoms with E-state index in [0.29, 0.717) is 21.9 Å². The molecule has 10 heteroatoms. The van der Waals surface area contributed by atoms with E-state index >= 15 is 0 Å². The minimum atomic E-state index is -0.503. The van der Waals surface area contributed by atoms with Crippen LogP contribution < -0.4 is 10.2 Å². The third kappa shape index (κ3) is 5.95. The van der Waals surface area contributed by atoms with E-state index in [4.69, 9.17) is 21.5 Å².